The quantitative estimate of drug-likeness (QED) is 0.786. The van der Waals surface area contributed by atoms with Crippen LogP contribution in [0.4, 0.5) is 0 Å². The zero-order chi connectivity index (χ0) is 11.0. The summed E-state index contributed by atoms with van der Waals surface area (Å²) in [4.78, 5) is 18.0. The van der Waals surface area contributed by atoms with Crippen LogP contribution in [0, 0.1) is 0 Å². The maximum Gasteiger partial charge on any atom is 0.263 e. The van der Waals surface area contributed by atoms with Crippen LogP contribution in [0.1, 0.15) is 5.01 Å². The highest BCUT2D eigenvalue weighted by molar-refractivity contribution is 7.99. The first-order valence-electron chi connectivity index (χ1n) is 4.98. The van der Waals surface area contributed by atoms with Crippen LogP contribution in [0.25, 0.3) is 0 Å². The Bertz CT molecular complexity index is 431. The zero-order valence-electron chi connectivity index (χ0n) is 8.42. The molecule has 0 spiro atoms. The fourth-order valence-electron chi connectivity index (χ4n) is 1.83. The second-order valence-electron chi connectivity index (χ2n) is 3.53. The summed E-state index contributed by atoms with van der Waals surface area (Å²) in [6.45, 7) is 0.862. The van der Waals surface area contributed by atoms with E-state index in [1.165, 1.54) is 0 Å². The second kappa shape index (κ2) is 4.06. The highest BCUT2D eigenvalue weighted by atomic mass is 32.2. The third-order valence-electron chi connectivity index (χ3n) is 2.60. The van der Waals surface area contributed by atoms with Crippen molar-refractivity contribution < 1.29 is 4.79 Å². The first-order valence-corrected chi connectivity index (χ1v) is 7.01. The third kappa shape index (κ3) is 1.60. The molecule has 1 aromatic heterocycles. The number of amides is 1. The summed E-state index contributed by atoms with van der Waals surface area (Å²) in [7, 11) is 0. The van der Waals surface area contributed by atoms with Crippen molar-refractivity contribution in [2.24, 2.45) is 5.10 Å². The molecule has 16 heavy (non-hydrogen) atoms. The lowest BCUT2D eigenvalue weighted by molar-refractivity contribution is -0.125. The average molecular weight is 254 g/mol. The molecule has 1 N–H and O–H groups in total. The van der Waals surface area contributed by atoms with Crippen LogP contribution >= 0.6 is 23.1 Å². The van der Waals surface area contributed by atoms with E-state index >= 15 is 0 Å². The van der Waals surface area contributed by atoms with Crippen LogP contribution in [0.5, 0.6) is 0 Å². The van der Waals surface area contributed by atoms with Gasteiger partial charge in [0.25, 0.3) is 5.91 Å². The first kappa shape index (κ1) is 10.1. The highest BCUT2D eigenvalue weighted by Crippen LogP contribution is 2.22. The molecule has 0 saturated carbocycles. The molecule has 84 valence electrons. The summed E-state index contributed by atoms with van der Waals surface area (Å²) >= 11 is 3.35. The molecule has 0 bridgehead atoms. The van der Waals surface area contributed by atoms with E-state index in [2.05, 4.69) is 20.4 Å². The number of hydrogen-bond acceptors (Lipinski definition) is 6. The Balaban J connectivity index is 1.96. The normalized spacial score (nSPS) is 24.8. The number of hydrazone groups is 1. The van der Waals surface area contributed by atoms with Crippen molar-refractivity contribution in [1.29, 1.82) is 0 Å². The lowest BCUT2D eigenvalue weighted by Gasteiger charge is -2.37. The van der Waals surface area contributed by atoms with Crippen molar-refractivity contribution in [3.8, 4) is 0 Å². The Hall–Kier alpha value is -1.08. The van der Waals surface area contributed by atoms with E-state index in [0.717, 1.165) is 28.9 Å². The number of hydrogen-bond donors (Lipinski definition) is 1. The van der Waals surface area contributed by atoms with Gasteiger partial charge in [-0.15, -0.1) is 11.3 Å². The smallest absolute Gasteiger partial charge is 0.263 e. The van der Waals surface area contributed by atoms with Crippen LogP contribution in [-0.4, -0.2) is 45.7 Å². The molecule has 1 saturated heterocycles. The maximum absolute atomic E-state index is 11.7. The number of thioether (sulfide) groups is 1. The summed E-state index contributed by atoms with van der Waals surface area (Å²) in [5, 5.41) is 6.91. The molecule has 1 amide bonds. The number of nitrogens with zero attached hydrogens (tertiary/aromatic N) is 3. The molecule has 3 heterocycles. The number of amidine groups is 1. The Morgan fingerprint density at radius 3 is 3.31 bits per heavy atom. The summed E-state index contributed by atoms with van der Waals surface area (Å²) in [5.74, 6) is 2.66. The summed E-state index contributed by atoms with van der Waals surface area (Å²) in [5.41, 5.74) is 2.58. The predicted octanol–water partition coefficient (Wildman–Crippen LogP) is 0.352. The van der Waals surface area contributed by atoms with Crippen LogP contribution in [0.15, 0.2) is 16.7 Å². The van der Waals surface area contributed by atoms with E-state index < -0.39 is 0 Å². The van der Waals surface area contributed by atoms with Gasteiger partial charge in [0.2, 0.25) is 0 Å². The van der Waals surface area contributed by atoms with Crippen LogP contribution in [-0.2, 0) is 4.79 Å². The second-order valence-corrected chi connectivity index (χ2v) is 5.58. The van der Waals surface area contributed by atoms with Crippen LogP contribution in [0.2, 0.25) is 0 Å². The molecule has 1 unspecified atom stereocenters. The summed E-state index contributed by atoms with van der Waals surface area (Å²) < 4.78 is 0. The van der Waals surface area contributed by atoms with Gasteiger partial charge >= 0.3 is 0 Å². The monoisotopic (exact) mass is 254 g/mol. The van der Waals surface area contributed by atoms with Crippen LogP contribution < -0.4 is 5.43 Å². The van der Waals surface area contributed by atoms with E-state index in [0.29, 0.717) is 0 Å². The fourth-order valence-corrected chi connectivity index (χ4v) is 3.51. The van der Waals surface area contributed by atoms with E-state index in [-0.39, 0.29) is 11.9 Å². The lowest BCUT2D eigenvalue weighted by atomic mass is 10.2. The van der Waals surface area contributed by atoms with Gasteiger partial charge in [-0.2, -0.15) is 16.9 Å². The van der Waals surface area contributed by atoms with Crippen molar-refractivity contribution in [3.05, 3.63) is 16.6 Å². The van der Waals surface area contributed by atoms with Crippen molar-refractivity contribution in [2.45, 2.75) is 6.04 Å². The SMILES string of the molecule is O=C1NN=C(c2nccs2)N2CCSCC12. The Morgan fingerprint density at radius 1 is 1.56 bits per heavy atom. The number of carbonyl (C=O) groups is 1. The molecule has 2 aliphatic rings. The van der Waals surface area contributed by atoms with Gasteiger partial charge in [-0.3, -0.25) is 4.79 Å². The molecular formula is C9H10N4OS2. The molecule has 0 radical (unpaired) electrons. The van der Waals surface area contributed by atoms with Gasteiger partial charge in [0.05, 0.1) is 0 Å². The largest absolute Gasteiger partial charge is 0.339 e. The van der Waals surface area contributed by atoms with Gasteiger partial charge in [0, 0.05) is 29.6 Å². The maximum atomic E-state index is 11.7. The van der Waals surface area contributed by atoms with Crippen molar-refractivity contribution >= 4 is 34.8 Å². The topological polar surface area (TPSA) is 57.6 Å². The zero-order valence-corrected chi connectivity index (χ0v) is 10.1. The van der Waals surface area contributed by atoms with Crippen LogP contribution in [0.3, 0.4) is 0 Å². The van der Waals surface area contributed by atoms with Crippen molar-refractivity contribution in [2.75, 3.05) is 18.1 Å². The Morgan fingerprint density at radius 2 is 2.50 bits per heavy atom. The predicted molar refractivity (Wildman–Crippen MR) is 64.6 cm³/mol. The van der Waals surface area contributed by atoms with Gasteiger partial charge < -0.3 is 4.90 Å². The fraction of sp³-hybridized carbons (Fsp3) is 0.444. The van der Waals surface area contributed by atoms with Gasteiger partial charge in [-0.1, -0.05) is 0 Å². The lowest BCUT2D eigenvalue weighted by Crippen LogP contribution is -2.57. The molecule has 5 nitrogen and oxygen atoms in total. The van der Waals surface area contributed by atoms with Gasteiger partial charge in [0.15, 0.2) is 10.8 Å². The first-order chi connectivity index (χ1) is 7.86. The number of nitrogens with one attached hydrogen (secondary N) is 1. The number of fused-ring (bicyclic) bond motifs is 1. The molecule has 2 aliphatic heterocycles. The van der Waals surface area contributed by atoms with E-state index in [1.807, 2.05) is 17.1 Å². The molecule has 1 aromatic rings. The molecule has 1 atom stereocenters. The number of carbonyl (C=O) groups excluding carboxylic acids is 1. The summed E-state index contributed by atoms with van der Waals surface area (Å²) in [6.07, 6.45) is 1.76. The average Bonchev–Trinajstić information content (AvgIpc) is 2.83. The van der Waals surface area contributed by atoms with Gasteiger partial charge in [-0.25, -0.2) is 10.4 Å². The minimum absolute atomic E-state index is 0.00694. The number of rotatable bonds is 1. The van der Waals surface area contributed by atoms with Gasteiger partial charge in [0.1, 0.15) is 6.04 Å². The van der Waals surface area contributed by atoms with Crippen molar-refractivity contribution in [3.63, 3.8) is 0 Å². The Labute approximate surface area is 101 Å². The highest BCUT2D eigenvalue weighted by Gasteiger charge is 2.35. The minimum atomic E-state index is -0.0878. The van der Waals surface area contributed by atoms with E-state index in [1.54, 1.807) is 17.5 Å². The van der Waals surface area contributed by atoms with E-state index in [9.17, 15) is 4.79 Å². The van der Waals surface area contributed by atoms with Gasteiger partial charge in [-0.05, 0) is 0 Å². The third-order valence-corrected chi connectivity index (χ3v) is 4.39. The van der Waals surface area contributed by atoms with E-state index in [4.69, 9.17) is 0 Å². The Kier molecular flexibility index (Phi) is 2.56. The number of thiazole rings is 1. The molecule has 1 fully saturated rings. The molecule has 0 aromatic carbocycles. The molecule has 3 rings (SSSR count). The van der Waals surface area contributed by atoms with Crippen molar-refractivity contribution in [1.82, 2.24) is 15.3 Å². The molecule has 7 heteroatoms. The summed E-state index contributed by atoms with van der Waals surface area (Å²) in [6, 6.07) is -0.0878. The minimum Gasteiger partial charge on any atom is -0.339 e. The molecule has 0 aliphatic carbocycles. The number of aromatic nitrogens is 1. The standard InChI is InChI=1S/C9H10N4OS2/c14-8-6-5-15-4-2-13(6)7(11-12-8)9-10-1-3-16-9/h1,3,6H,2,4-5H2,(H,12,14). The molecular weight excluding hydrogens is 244 g/mol.